The topological polar surface area (TPSA) is 87.9 Å². The second kappa shape index (κ2) is 10.5. The van der Waals surface area contributed by atoms with Gasteiger partial charge < -0.3 is 20.7 Å². The summed E-state index contributed by atoms with van der Waals surface area (Å²) in [6.45, 7) is 7.06. The highest BCUT2D eigenvalue weighted by Crippen LogP contribution is 2.34. The van der Waals surface area contributed by atoms with Crippen LogP contribution < -0.4 is 20.7 Å². The van der Waals surface area contributed by atoms with E-state index in [0.29, 0.717) is 17.9 Å². The molecule has 33 heavy (non-hydrogen) atoms. The lowest BCUT2D eigenvalue weighted by Gasteiger charge is -2.36. The fraction of sp³-hybridized carbons (Fsp3) is 0.280. The van der Waals surface area contributed by atoms with Gasteiger partial charge in [-0.1, -0.05) is 30.3 Å². The number of nitrogens with zero attached hydrogens (tertiary/aromatic N) is 2. The van der Waals surface area contributed by atoms with Gasteiger partial charge in [-0.2, -0.15) is 0 Å². The van der Waals surface area contributed by atoms with Crippen LogP contribution in [-0.2, 0) is 0 Å². The maximum atomic E-state index is 12.3. The number of aryl methyl sites for hydroxylation is 1. The van der Waals surface area contributed by atoms with Crippen LogP contribution in [0, 0.1) is 6.92 Å². The molecule has 8 heteroatoms. The van der Waals surface area contributed by atoms with Crippen molar-refractivity contribution in [1.82, 2.24) is 10.2 Å². The van der Waals surface area contributed by atoms with E-state index >= 15 is 0 Å². The van der Waals surface area contributed by atoms with E-state index in [4.69, 9.17) is 10.5 Å². The van der Waals surface area contributed by atoms with Crippen molar-refractivity contribution in [3.8, 4) is 16.2 Å². The van der Waals surface area contributed by atoms with Crippen molar-refractivity contribution in [2.75, 3.05) is 44.2 Å². The lowest BCUT2D eigenvalue weighted by atomic mass is 10.1. The normalized spacial score (nSPS) is 14.2. The average molecular weight is 465 g/mol. The molecule has 2 amide bonds. The summed E-state index contributed by atoms with van der Waals surface area (Å²) in [5.41, 5.74) is 8.03. The maximum Gasteiger partial charge on any atom is 0.412 e. The number of rotatable bonds is 7. The van der Waals surface area contributed by atoms with Crippen LogP contribution in [0.1, 0.15) is 15.2 Å². The van der Waals surface area contributed by atoms with Crippen LogP contribution >= 0.6 is 11.3 Å². The zero-order valence-corrected chi connectivity index (χ0v) is 19.4. The Bertz CT molecular complexity index is 1110. The molecular weight excluding hydrogens is 436 g/mol. The Morgan fingerprint density at radius 2 is 1.79 bits per heavy atom. The minimum Gasteiger partial charge on any atom is -0.410 e. The van der Waals surface area contributed by atoms with Crippen molar-refractivity contribution in [3.05, 3.63) is 71.1 Å². The van der Waals surface area contributed by atoms with Crippen molar-refractivity contribution >= 4 is 29.0 Å². The second-order valence-electron chi connectivity index (χ2n) is 7.97. The number of hydrogen-bond donors (Lipinski definition) is 2. The van der Waals surface area contributed by atoms with Crippen molar-refractivity contribution in [2.45, 2.75) is 6.92 Å². The van der Waals surface area contributed by atoms with Crippen molar-refractivity contribution in [1.29, 1.82) is 0 Å². The molecular formula is C25H28N4O3S. The molecule has 1 saturated heterocycles. The van der Waals surface area contributed by atoms with Gasteiger partial charge in [-0.25, -0.2) is 4.79 Å². The van der Waals surface area contributed by atoms with Gasteiger partial charge in [0.25, 0.3) is 0 Å². The Kier molecular flexibility index (Phi) is 7.26. The van der Waals surface area contributed by atoms with Crippen LogP contribution in [0.3, 0.4) is 0 Å². The molecule has 0 aliphatic carbocycles. The fourth-order valence-corrected chi connectivity index (χ4v) is 4.95. The molecule has 0 radical (unpaired) electrons. The molecule has 0 bridgehead atoms. The summed E-state index contributed by atoms with van der Waals surface area (Å²) in [7, 11) is 0. The third kappa shape index (κ3) is 5.91. The van der Waals surface area contributed by atoms with E-state index in [2.05, 4.69) is 39.4 Å². The number of benzene rings is 2. The Morgan fingerprint density at radius 1 is 1.03 bits per heavy atom. The molecule has 4 rings (SSSR count). The number of piperazine rings is 1. The number of nitrogens with one attached hydrogen (secondary N) is 1. The van der Waals surface area contributed by atoms with Gasteiger partial charge in [-0.3, -0.25) is 9.69 Å². The third-order valence-corrected chi connectivity index (χ3v) is 6.72. The first-order valence-electron chi connectivity index (χ1n) is 11.0. The number of carbonyl (C=O) groups is 2. The highest BCUT2D eigenvalue weighted by molar-refractivity contribution is 7.15. The minimum atomic E-state index is -0.493. The summed E-state index contributed by atoms with van der Waals surface area (Å²) >= 11 is 1.49. The molecule has 7 nitrogen and oxygen atoms in total. The van der Waals surface area contributed by atoms with Gasteiger partial charge in [-0.05, 0) is 42.8 Å². The molecule has 0 unspecified atom stereocenters. The lowest BCUT2D eigenvalue weighted by molar-refractivity contribution is 0.100. The summed E-state index contributed by atoms with van der Waals surface area (Å²) in [5, 5.41) is 2.83. The monoisotopic (exact) mass is 464 g/mol. The number of anilines is 1. The molecule has 1 aliphatic heterocycles. The summed E-state index contributed by atoms with van der Waals surface area (Å²) in [6, 6.07) is 19.3. The Balaban J connectivity index is 1.25. The molecule has 3 aromatic rings. The van der Waals surface area contributed by atoms with E-state index in [1.165, 1.54) is 17.0 Å². The Morgan fingerprint density at radius 3 is 2.52 bits per heavy atom. The summed E-state index contributed by atoms with van der Waals surface area (Å²) in [4.78, 5) is 30.5. The number of thiophene rings is 1. The van der Waals surface area contributed by atoms with Crippen molar-refractivity contribution in [3.63, 3.8) is 0 Å². The van der Waals surface area contributed by atoms with Crippen LogP contribution in [0.2, 0.25) is 0 Å². The van der Waals surface area contributed by atoms with E-state index in [1.807, 2.05) is 19.1 Å². The molecule has 1 aliphatic rings. The molecule has 0 saturated carbocycles. The van der Waals surface area contributed by atoms with Gasteiger partial charge in [0.15, 0.2) is 0 Å². The van der Waals surface area contributed by atoms with E-state index in [-0.39, 0.29) is 0 Å². The Labute approximate surface area is 197 Å². The smallest absolute Gasteiger partial charge is 0.410 e. The van der Waals surface area contributed by atoms with Crippen molar-refractivity contribution < 1.29 is 14.3 Å². The average Bonchev–Trinajstić information content (AvgIpc) is 3.22. The van der Waals surface area contributed by atoms with Gasteiger partial charge in [0.05, 0.1) is 5.56 Å². The third-order valence-electron chi connectivity index (χ3n) is 5.62. The first-order valence-corrected chi connectivity index (χ1v) is 11.8. The fourth-order valence-electron chi connectivity index (χ4n) is 3.94. The van der Waals surface area contributed by atoms with Gasteiger partial charge in [0.1, 0.15) is 5.75 Å². The van der Waals surface area contributed by atoms with Crippen LogP contribution in [0.15, 0.2) is 60.7 Å². The van der Waals surface area contributed by atoms with Gasteiger partial charge in [0, 0.05) is 54.7 Å². The van der Waals surface area contributed by atoms with E-state index in [1.54, 1.807) is 24.3 Å². The largest absolute Gasteiger partial charge is 0.412 e. The number of amides is 2. The summed E-state index contributed by atoms with van der Waals surface area (Å²) in [5.74, 6) is -0.0500. The maximum absolute atomic E-state index is 12.3. The van der Waals surface area contributed by atoms with Crippen molar-refractivity contribution in [2.24, 2.45) is 5.73 Å². The zero-order chi connectivity index (χ0) is 23.2. The molecule has 1 fully saturated rings. The zero-order valence-electron chi connectivity index (χ0n) is 18.6. The quantitative estimate of drug-likeness (QED) is 0.556. The summed E-state index contributed by atoms with van der Waals surface area (Å²) in [6.07, 6.45) is -0.493. The highest BCUT2D eigenvalue weighted by atomic mass is 32.1. The second-order valence-corrected chi connectivity index (χ2v) is 9.23. The molecule has 3 N–H and O–H groups in total. The molecule has 1 aromatic heterocycles. The molecule has 2 heterocycles. The van der Waals surface area contributed by atoms with E-state index in [0.717, 1.165) is 48.0 Å². The first kappa shape index (κ1) is 22.8. The number of nitrogens with two attached hydrogens (primary N) is 1. The number of primary amides is 1. The molecule has 172 valence electrons. The number of ether oxygens (including phenoxy) is 1. The van der Waals surface area contributed by atoms with Crippen LogP contribution in [0.5, 0.6) is 5.75 Å². The van der Waals surface area contributed by atoms with Gasteiger partial charge >= 0.3 is 6.09 Å². The van der Waals surface area contributed by atoms with Crippen LogP contribution in [0.25, 0.3) is 10.4 Å². The Hall–Kier alpha value is -3.36. The molecule has 0 spiro atoms. The van der Waals surface area contributed by atoms with Gasteiger partial charge in [-0.15, -0.1) is 11.3 Å². The molecule has 2 aromatic carbocycles. The number of hydrogen-bond acceptors (Lipinski definition) is 6. The SMILES string of the molecule is Cc1cc(C(N)=O)c(-c2cccc(OC(=O)NCCN3CCN(c4ccccc4)CC3)c2)s1. The van der Waals surface area contributed by atoms with Gasteiger partial charge in [0.2, 0.25) is 5.91 Å². The summed E-state index contributed by atoms with van der Waals surface area (Å²) < 4.78 is 5.46. The molecule has 0 atom stereocenters. The predicted octanol–water partition coefficient (Wildman–Crippen LogP) is 3.73. The van der Waals surface area contributed by atoms with Crippen LogP contribution in [0.4, 0.5) is 10.5 Å². The lowest BCUT2D eigenvalue weighted by Crippen LogP contribution is -2.48. The van der Waals surface area contributed by atoms with E-state index < -0.39 is 12.0 Å². The van der Waals surface area contributed by atoms with Crippen LogP contribution in [-0.4, -0.2) is 56.2 Å². The highest BCUT2D eigenvalue weighted by Gasteiger charge is 2.18. The number of carbonyl (C=O) groups excluding carboxylic acids is 2. The minimum absolute atomic E-state index is 0.419. The number of para-hydroxylation sites is 1. The predicted molar refractivity (Wildman–Crippen MR) is 132 cm³/mol. The standard InChI is InChI=1S/C25H28N4O3S/c1-18-16-22(24(26)30)23(33-18)19-6-5-9-21(17-19)32-25(31)27-10-11-28-12-14-29(15-13-28)20-7-3-2-4-8-20/h2-9,16-17H,10-15H2,1H3,(H2,26,30)(H,27,31). The first-order chi connectivity index (χ1) is 16.0. The van der Waals surface area contributed by atoms with E-state index in [9.17, 15) is 9.59 Å².